The quantitative estimate of drug-likeness (QED) is 0.339. The van der Waals surface area contributed by atoms with Gasteiger partial charge in [0, 0.05) is 17.5 Å². The molecule has 0 aliphatic rings. The molecule has 0 heterocycles. The summed E-state index contributed by atoms with van der Waals surface area (Å²) in [6.45, 7) is 0.521. The molecule has 2 rings (SSSR count). The summed E-state index contributed by atoms with van der Waals surface area (Å²) < 4.78 is 11.4. The minimum atomic E-state index is -1.32. The number of carboxylic acids is 2. The number of hydrogen-bond acceptors (Lipinski definition) is 6. The Kier molecular flexibility index (Phi) is 8.39. The van der Waals surface area contributed by atoms with Crippen molar-refractivity contribution in [1.82, 2.24) is 0 Å². The average molecular weight is 418 g/mol. The number of hydrogen-bond donors (Lipinski definition) is 2. The molecule has 8 heteroatoms. The second-order valence-corrected chi connectivity index (χ2v) is 6.08. The zero-order valence-corrected chi connectivity index (χ0v) is 16.3. The van der Waals surface area contributed by atoms with E-state index in [-0.39, 0.29) is 13.2 Å². The predicted octanol–water partition coefficient (Wildman–Crippen LogP) is 3.52. The van der Waals surface area contributed by atoms with E-state index >= 15 is 0 Å². The Bertz CT molecular complexity index is 1020. The van der Waals surface area contributed by atoms with E-state index in [1.165, 1.54) is 12.2 Å². The molecule has 0 radical (unpaired) electrons. The minimum absolute atomic E-state index is 0.260. The first-order valence-electron chi connectivity index (χ1n) is 9.10. The first-order chi connectivity index (χ1) is 15.0. The zero-order valence-electron chi connectivity index (χ0n) is 16.3. The Morgan fingerprint density at radius 2 is 1.16 bits per heavy atom. The Hall–Kier alpha value is -4.56. The second kappa shape index (κ2) is 11.4. The summed E-state index contributed by atoms with van der Waals surface area (Å²) >= 11 is 0. The van der Waals surface area contributed by atoms with Crippen LogP contribution in [0.2, 0.25) is 0 Å². The molecule has 0 amide bonds. The highest BCUT2D eigenvalue weighted by Crippen LogP contribution is 2.23. The van der Waals surface area contributed by atoms with Crippen molar-refractivity contribution < 1.29 is 29.3 Å². The largest absolute Gasteiger partial charge is 0.493 e. The van der Waals surface area contributed by atoms with Gasteiger partial charge in [-0.3, -0.25) is 0 Å². The molecular formula is C23H18N2O6. The molecule has 0 aliphatic heterocycles. The van der Waals surface area contributed by atoms with E-state index in [0.717, 1.165) is 0 Å². The van der Waals surface area contributed by atoms with Crippen LogP contribution in [0.25, 0.3) is 12.2 Å². The van der Waals surface area contributed by atoms with Crippen molar-refractivity contribution in [3.63, 3.8) is 0 Å². The highest BCUT2D eigenvalue weighted by Gasteiger charge is 2.10. The fourth-order valence-corrected chi connectivity index (χ4v) is 2.48. The van der Waals surface area contributed by atoms with Crippen LogP contribution in [-0.2, 0) is 9.59 Å². The van der Waals surface area contributed by atoms with Gasteiger partial charge in [-0.15, -0.1) is 0 Å². The molecule has 0 fully saturated rings. The van der Waals surface area contributed by atoms with Crippen LogP contribution in [0.4, 0.5) is 0 Å². The van der Waals surface area contributed by atoms with Crippen molar-refractivity contribution in [2.24, 2.45) is 0 Å². The summed E-state index contributed by atoms with van der Waals surface area (Å²) in [6, 6.07) is 16.7. The SMILES string of the molecule is N#C/C(=C\c1ccccc1OCCCOc1ccccc1/C=C(\C#N)C(=O)O)C(=O)O. The maximum Gasteiger partial charge on any atom is 0.346 e. The molecule has 31 heavy (non-hydrogen) atoms. The monoisotopic (exact) mass is 418 g/mol. The third kappa shape index (κ3) is 6.77. The van der Waals surface area contributed by atoms with Crippen molar-refractivity contribution >= 4 is 24.1 Å². The summed E-state index contributed by atoms with van der Waals surface area (Å²) in [5.41, 5.74) is 0.135. The smallest absolute Gasteiger partial charge is 0.346 e. The first-order valence-corrected chi connectivity index (χ1v) is 9.10. The van der Waals surface area contributed by atoms with Gasteiger partial charge in [-0.1, -0.05) is 36.4 Å². The van der Waals surface area contributed by atoms with Gasteiger partial charge in [0.1, 0.15) is 34.8 Å². The molecule has 2 N–H and O–H groups in total. The molecule has 0 aliphatic carbocycles. The molecule has 2 aromatic rings. The number of ether oxygens (including phenoxy) is 2. The average Bonchev–Trinajstić information content (AvgIpc) is 2.76. The minimum Gasteiger partial charge on any atom is -0.493 e. The van der Waals surface area contributed by atoms with Crippen LogP contribution in [0.1, 0.15) is 17.5 Å². The zero-order chi connectivity index (χ0) is 22.6. The lowest BCUT2D eigenvalue weighted by Gasteiger charge is -2.11. The lowest BCUT2D eigenvalue weighted by molar-refractivity contribution is -0.133. The highest BCUT2D eigenvalue weighted by molar-refractivity contribution is 5.97. The van der Waals surface area contributed by atoms with Crippen molar-refractivity contribution in [3.8, 4) is 23.6 Å². The Balaban J connectivity index is 1.98. The van der Waals surface area contributed by atoms with Crippen molar-refractivity contribution in [3.05, 3.63) is 70.8 Å². The number of aliphatic carboxylic acids is 2. The molecule has 156 valence electrons. The van der Waals surface area contributed by atoms with Gasteiger partial charge in [0.2, 0.25) is 0 Å². The summed E-state index contributed by atoms with van der Waals surface area (Å²) in [6.07, 6.45) is 2.96. The maximum atomic E-state index is 11.0. The van der Waals surface area contributed by atoms with Crippen LogP contribution in [-0.4, -0.2) is 35.4 Å². The molecular weight excluding hydrogens is 400 g/mol. The van der Waals surface area contributed by atoms with Crippen molar-refractivity contribution in [2.75, 3.05) is 13.2 Å². The second-order valence-electron chi connectivity index (χ2n) is 6.08. The van der Waals surface area contributed by atoms with Crippen LogP contribution in [0.3, 0.4) is 0 Å². The van der Waals surface area contributed by atoms with Gasteiger partial charge < -0.3 is 19.7 Å². The summed E-state index contributed by atoms with van der Waals surface area (Å²) in [5.74, 6) is -1.78. The number of carboxylic acid groups (broad SMARTS) is 2. The standard InChI is InChI=1S/C23H18N2O6/c24-14-18(22(26)27)12-16-6-1-3-8-20(16)30-10-5-11-31-21-9-4-2-7-17(21)13-19(15-25)23(28)29/h1-4,6-9,12-13H,5,10-11H2,(H,26,27)(H,28,29)/b18-12+,19-13+. The molecule has 0 saturated carbocycles. The lowest BCUT2D eigenvalue weighted by Crippen LogP contribution is -2.06. The van der Waals surface area contributed by atoms with E-state index in [4.69, 9.17) is 30.2 Å². The van der Waals surface area contributed by atoms with Gasteiger partial charge in [0.25, 0.3) is 0 Å². The topological polar surface area (TPSA) is 141 Å². The Morgan fingerprint density at radius 3 is 1.52 bits per heavy atom. The molecule has 2 aromatic carbocycles. The molecule has 0 spiro atoms. The molecule has 0 aromatic heterocycles. The number of carbonyl (C=O) groups is 2. The van der Waals surface area contributed by atoms with Crippen LogP contribution < -0.4 is 9.47 Å². The van der Waals surface area contributed by atoms with Crippen LogP contribution in [0.15, 0.2) is 59.7 Å². The van der Waals surface area contributed by atoms with Crippen molar-refractivity contribution in [1.29, 1.82) is 10.5 Å². The van der Waals surface area contributed by atoms with Gasteiger partial charge in [-0.2, -0.15) is 10.5 Å². The van der Waals surface area contributed by atoms with Gasteiger partial charge in [-0.25, -0.2) is 9.59 Å². The highest BCUT2D eigenvalue weighted by atomic mass is 16.5. The molecule has 0 unspecified atom stereocenters. The number of nitrogens with zero attached hydrogens (tertiary/aromatic N) is 2. The Labute approximate surface area is 178 Å². The molecule has 0 bridgehead atoms. The van der Waals surface area contributed by atoms with E-state index in [1.807, 2.05) is 0 Å². The van der Waals surface area contributed by atoms with Gasteiger partial charge >= 0.3 is 11.9 Å². The number of para-hydroxylation sites is 2. The van der Waals surface area contributed by atoms with E-state index in [2.05, 4.69) is 0 Å². The molecule has 8 nitrogen and oxygen atoms in total. The Morgan fingerprint density at radius 1 is 0.774 bits per heavy atom. The third-order valence-corrected chi connectivity index (χ3v) is 3.94. The summed E-state index contributed by atoms with van der Waals surface area (Å²) in [7, 11) is 0. The van der Waals surface area contributed by atoms with Gasteiger partial charge in [0.05, 0.1) is 13.2 Å². The van der Waals surface area contributed by atoms with E-state index in [9.17, 15) is 9.59 Å². The fraction of sp³-hybridized carbons (Fsp3) is 0.130. The van der Waals surface area contributed by atoms with Crippen molar-refractivity contribution in [2.45, 2.75) is 6.42 Å². The predicted molar refractivity (Wildman–Crippen MR) is 111 cm³/mol. The molecule has 0 atom stereocenters. The molecule has 0 saturated heterocycles. The normalized spacial score (nSPS) is 11.2. The van der Waals surface area contributed by atoms with Gasteiger partial charge in [0.15, 0.2) is 0 Å². The van der Waals surface area contributed by atoms with Crippen LogP contribution in [0.5, 0.6) is 11.5 Å². The van der Waals surface area contributed by atoms with Crippen LogP contribution >= 0.6 is 0 Å². The number of rotatable bonds is 10. The number of benzene rings is 2. The van der Waals surface area contributed by atoms with E-state index in [1.54, 1.807) is 60.7 Å². The van der Waals surface area contributed by atoms with E-state index < -0.39 is 23.1 Å². The maximum absolute atomic E-state index is 11.0. The summed E-state index contributed by atoms with van der Waals surface area (Å²) in [4.78, 5) is 22.1. The lowest BCUT2D eigenvalue weighted by atomic mass is 10.1. The fourth-order valence-electron chi connectivity index (χ4n) is 2.48. The van der Waals surface area contributed by atoms with Gasteiger partial charge in [-0.05, 0) is 24.3 Å². The number of nitriles is 2. The van der Waals surface area contributed by atoms with Crippen LogP contribution in [0, 0.1) is 22.7 Å². The summed E-state index contributed by atoms with van der Waals surface area (Å²) in [5, 5.41) is 35.8. The third-order valence-electron chi connectivity index (χ3n) is 3.94. The first kappa shape index (κ1) is 22.7. The van der Waals surface area contributed by atoms with E-state index in [0.29, 0.717) is 29.0 Å².